The van der Waals surface area contributed by atoms with E-state index >= 15 is 0 Å². The normalized spacial score (nSPS) is 12.3. The lowest BCUT2D eigenvalue weighted by molar-refractivity contribution is 0.0943. The third kappa shape index (κ3) is 5.51. The summed E-state index contributed by atoms with van der Waals surface area (Å²) in [6.45, 7) is 4.82. The van der Waals surface area contributed by atoms with Crippen molar-refractivity contribution < 1.29 is 22.4 Å². The SMILES string of the molecule is CCC(C)N(Cc1nc(C(=O)NCc2ccco2)co1)Cc1ccc(F)cc1F. The van der Waals surface area contributed by atoms with Crippen LogP contribution in [0.5, 0.6) is 0 Å². The summed E-state index contributed by atoms with van der Waals surface area (Å²) in [6.07, 6.45) is 3.64. The molecular weight excluding hydrogens is 380 g/mol. The molecule has 1 aromatic carbocycles. The summed E-state index contributed by atoms with van der Waals surface area (Å²) >= 11 is 0. The molecule has 6 nitrogen and oxygen atoms in total. The number of halogens is 2. The molecule has 0 aliphatic heterocycles. The standard InChI is InChI=1S/C21H23F2N3O3/c1-3-14(2)26(11-15-6-7-16(22)9-18(15)23)12-20-25-19(13-29-20)21(27)24-10-17-5-4-8-28-17/h4-9,13-14H,3,10-12H2,1-2H3,(H,24,27). The Balaban J connectivity index is 1.65. The van der Waals surface area contributed by atoms with E-state index in [2.05, 4.69) is 10.3 Å². The first-order valence-electron chi connectivity index (χ1n) is 9.39. The maximum atomic E-state index is 14.1. The van der Waals surface area contributed by atoms with Crippen LogP contribution in [0, 0.1) is 11.6 Å². The summed E-state index contributed by atoms with van der Waals surface area (Å²) in [5.41, 5.74) is 0.540. The number of carbonyl (C=O) groups excluding carboxylic acids is 1. The Kier molecular flexibility index (Phi) is 6.77. The van der Waals surface area contributed by atoms with E-state index in [1.165, 1.54) is 24.7 Å². The molecule has 0 radical (unpaired) electrons. The summed E-state index contributed by atoms with van der Waals surface area (Å²) in [4.78, 5) is 18.4. The van der Waals surface area contributed by atoms with Gasteiger partial charge in [-0.25, -0.2) is 13.8 Å². The van der Waals surface area contributed by atoms with Gasteiger partial charge in [-0.15, -0.1) is 0 Å². The molecule has 0 saturated carbocycles. The van der Waals surface area contributed by atoms with Crippen LogP contribution in [0.1, 0.15) is 48.0 Å². The van der Waals surface area contributed by atoms with Gasteiger partial charge in [0.05, 0.1) is 19.4 Å². The monoisotopic (exact) mass is 403 g/mol. The number of rotatable bonds is 9. The first kappa shape index (κ1) is 20.7. The molecule has 1 N–H and O–H groups in total. The minimum atomic E-state index is -0.612. The van der Waals surface area contributed by atoms with Crippen molar-refractivity contribution >= 4 is 5.91 Å². The van der Waals surface area contributed by atoms with E-state index in [4.69, 9.17) is 8.83 Å². The Hall–Kier alpha value is -3.00. The molecule has 0 aliphatic rings. The number of aromatic nitrogens is 1. The predicted molar refractivity (Wildman–Crippen MR) is 102 cm³/mol. The van der Waals surface area contributed by atoms with Gasteiger partial charge in [-0.3, -0.25) is 9.69 Å². The molecule has 1 unspecified atom stereocenters. The Morgan fingerprint density at radius 2 is 2.07 bits per heavy atom. The highest BCUT2D eigenvalue weighted by Gasteiger charge is 2.20. The molecule has 154 valence electrons. The molecular formula is C21H23F2N3O3. The topological polar surface area (TPSA) is 71.5 Å². The Morgan fingerprint density at radius 3 is 2.76 bits per heavy atom. The number of hydrogen-bond acceptors (Lipinski definition) is 5. The third-order valence-electron chi connectivity index (χ3n) is 4.73. The molecule has 8 heteroatoms. The van der Waals surface area contributed by atoms with E-state index in [-0.39, 0.29) is 37.3 Å². The van der Waals surface area contributed by atoms with Crippen LogP contribution in [0.3, 0.4) is 0 Å². The Labute approximate surface area is 167 Å². The number of amides is 1. The predicted octanol–water partition coefficient (Wildman–Crippen LogP) is 4.28. The zero-order chi connectivity index (χ0) is 20.8. The molecule has 0 saturated heterocycles. The fraction of sp³-hybridized carbons (Fsp3) is 0.333. The van der Waals surface area contributed by atoms with Crippen LogP contribution in [0.4, 0.5) is 8.78 Å². The fourth-order valence-electron chi connectivity index (χ4n) is 2.83. The number of nitrogens with zero attached hydrogens (tertiary/aromatic N) is 2. The first-order chi connectivity index (χ1) is 14.0. The van der Waals surface area contributed by atoms with E-state index < -0.39 is 11.6 Å². The van der Waals surface area contributed by atoms with Gasteiger partial charge in [0.15, 0.2) is 5.69 Å². The molecule has 3 rings (SSSR count). The highest BCUT2D eigenvalue weighted by atomic mass is 19.1. The second-order valence-electron chi connectivity index (χ2n) is 6.79. The van der Waals surface area contributed by atoms with Crippen molar-refractivity contribution in [1.82, 2.24) is 15.2 Å². The van der Waals surface area contributed by atoms with Crippen LogP contribution in [0.15, 0.2) is 51.7 Å². The van der Waals surface area contributed by atoms with Crippen molar-refractivity contribution in [1.29, 1.82) is 0 Å². The van der Waals surface area contributed by atoms with Gasteiger partial charge in [0.25, 0.3) is 5.91 Å². The molecule has 0 spiro atoms. The van der Waals surface area contributed by atoms with Crippen molar-refractivity contribution in [2.45, 2.75) is 45.9 Å². The average Bonchev–Trinajstić information content (AvgIpc) is 3.39. The lowest BCUT2D eigenvalue weighted by Gasteiger charge is -2.27. The number of hydrogen-bond donors (Lipinski definition) is 1. The van der Waals surface area contributed by atoms with E-state index in [0.29, 0.717) is 17.2 Å². The van der Waals surface area contributed by atoms with Gasteiger partial charge in [-0.1, -0.05) is 13.0 Å². The van der Waals surface area contributed by atoms with Crippen LogP contribution in [0.25, 0.3) is 0 Å². The lowest BCUT2D eigenvalue weighted by atomic mass is 10.1. The van der Waals surface area contributed by atoms with Gasteiger partial charge in [0.2, 0.25) is 5.89 Å². The number of carbonyl (C=O) groups is 1. The number of nitrogens with one attached hydrogen (secondary N) is 1. The Morgan fingerprint density at radius 1 is 1.24 bits per heavy atom. The average molecular weight is 403 g/mol. The zero-order valence-electron chi connectivity index (χ0n) is 16.3. The summed E-state index contributed by atoms with van der Waals surface area (Å²) in [6, 6.07) is 7.14. The Bertz CT molecular complexity index is 941. The van der Waals surface area contributed by atoms with Crippen molar-refractivity contribution in [2.24, 2.45) is 0 Å². The van der Waals surface area contributed by atoms with Crippen molar-refractivity contribution in [3.63, 3.8) is 0 Å². The van der Waals surface area contributed by atoms with Crippen molar-refractivity contribution in [3.05, 3.63) is 77.4 Å². The third-order valence-corrected chi connectivity index (χ3v) is 4.73. The van der Waals surface area contributed by atoms with E-state index in [9.17, 15) is 13.6 Å². The van der Waals surface area contributed by atoms with Crippen molar-refractivity contribution in [2.75, 3.05) is 0 Å². The maximum absolute atomic E-state index is 14.1. The summed E-state index contributed by atoms with van der Waals surface area (Å²) < 4.78 is 37.8. The minimum Gasteiger partial charge on any atom is -0.467 e. The van der Waals surface area contributed by atoms with Crippen LogP contribution >= 0.6 is 0 Å². The van der Waals surface area contributed by atoms with Crippen LogP contribution in [0.2, 0.25) is 0 Å². The molecule has 0 bridgehead atoms. The van der Waals surface area contributed by atoms with Gasteiger partial charge in [-0.2, -0.15) is 0 Å². The smallest absolute Gasteiger partial charge is 0.273 e. The first-order valence-corrected chi connectivity index (χ1v) is 9.39. The zero-order valence-corrected chi connectivity index (χ0v) is 16.3. The van der Waals surface area contributed by atoms with Crippen LogP contribution in [-0.4, -0.2) is 21.8 Å². The summed E-state index contributed by atoms with van der Waals surface area (Å²) in [7, 11) is 0. The van der Waals surface area contributed by atoms with Gasteiger partial charge in [0, 0.05) is 24.2 Å². The minimum absolute atomic E-state index is 0.0996. The van der Waals surface area contributed by atoms with Gasteiger partial charge in [-0.05, 0) is 31.5 Å². The molecule has 3 aromatic rings. The van der Waals surface area contributed by atoms with Gasteiger partial charge >= 0.3 is 0 Å². The molecule has 0 fully saturated rings. The van der Waals surface area contributed by atoms with Gasteiger partial charge in [0.1, 0.15) is 23.7 Å². The molecule has 0 aliphatic carbocycles. The molecule has 2 aromatic heterocycles. The molecule has 29 heavy (non-hydrogen) atoms. The lowest BCUT2D eigenvalue weighted by Crippen LogP contribution is -2.32. The van der Waals surface area contributed by atoms with E-state index in [1.807, 2.05) is 18.7 Å². The summed E-state index contributed by atoms with van der Waals surface area (Å²) in [5.74, 6) is -0.610. The molecule has 2 heterocycles. The van der Waals surface area contributed by atoms with Crippen LogP contribution < -0.4 is 5.32 Å². The number of oxazole rings is 1. The maximum Gasteiger partial charge on any atom is 0.273 e. The highest BCUT2D eigenvalue weighted by molar-refractivity contribution is 5.91. The van der Waals surface area contributed by atoms with E-state index in [1.54, 1.807) is 12.1 Å². The molecule has 1 amide bonds. The van der Waals surface area contributed by atoms with Crippen molar-refractivity contribution in [3.8, 4) is 0 Å². The van der Waals surface area contributed by atoms with Gasteiger partial charge < -0.3 is 14.2 Å². The second-order valence-corrected chi connectivity index (χ2v) is 6.79. The number of furan rings is 1. The summed E-state index contributed by atoms with van der Waals surface area (Å²) in [5, 5.41) is 2.70. The number of benzene rings is 1. The largest absolute Gasteiger partial charge is 0.467 e. The highest BCUT2D eigenvalue weighted by Crippen LogP contribution is 2.18. The fourth-order valence-corrected chi connectivity index (χ4v) is 2.83. The van der Waals surface area contributed by atoms with E-state index in [0.717, 1.165) is 12.5 Å². The molecule has 1 atom stereocenters. The second kappa shape index (κ2) is 9.47. The van der Waals surface area contributed by atoms with Crippen LogP contribution in [-0.2, 0) is 19.6 Å². The quantitative estimate of drug-likeness (QED) is 0.578.